The highest BCUT2D eigenvalue weighted by molar-refractivity contribution is 6.08. The van der Waals surface area contributed by atoms with Crippen LogP contribution in [-0.4, -0.2) is 18.4 Å². The van der Waals surface area contributed by atoms with Gasteiger partial charge in [0.1, 0.15) is 0 Å². The van der Waals surface area contributed by atoms with Gasteiger partial charge in [-0.1, -0.05) is 12.1 Å². The molecule has 0 saturated heterocycles. The highest BCUT2D eigenvalue weighted by Crippen LogP contribution is 2.19. The molecular weight excluding hydrogens is 374 g/mol. The molecular formula is C23H20F2N2O2. The van der Waals surface area contributed by atoms with Gasteiger partial charge in [0, 0.05) is 35.1 Å². The number of rotatable bonds is 5. The van der Waals surface area contributed by atoms with Crippen LogP contribution in [0.15, 0.2) is 66.7 Å². The fourth-order valence-electron chi connectivity index (χ4n) is 2.94. The fraction of sp³-hybridized carbons (Fsp3) is 0.130. The van der Waals surface area contributed by atoms with Gasteiger partial charge in [-0.2, -0.15) is 0 Å². The van der Waals surface area contributed by atoms with E-state index in [2.05, 4.69) is 5.32 Å². The molecule has 0 heterocycles. The van der Waals surface area contributed by atoms with E-state index in [-0.39, 0.29) is 11.6 Å². The molecule has 3 aromatic rings. The lowest BCUT2D eigenvalue weighted by Gasteiger charge is -2.21. The minimum Gasteiger partial charge on any atom is -0.322 e. The lowest BCUT2D eigenvalue weighted by molar-refractivity contribution is 0.0985. The molecule has 0 aliphatic heterocycles. The average Bonchev–Trinajstić information content (AvgIpc) is 2.71. The Morgan fingerprint density at radius 1 is 0.897 bits per heavy atom. The van der Waals surface area contributed by atoms with Gasteiger partial charge in [0.25, 0.3) is 11.8 Å². The van der Waals surface area contributed by atoms with Crippen LogP contribution in [0.5, 0.6) is 0 Å². The van der Waals surface area contributed by atoms with Crippen LogP contribution in [0.4, 0.5) is 20.2 Å². The first-order valence-corrected chi connectivity index (χ1v) is 9.14. The highest BCUT2D eigenvalue weighted by atomic mass is 19.2. The smallest absolute Gasteiger partial charge is 0.258 e. The van der Waals surface area contributed by atoms with E-state index in [1.165, 1.54) is 18.2 Å². The first kappa shape index (κ1) is 20.2. The van der Waals surface area contributed by atoms with Gasteiger partial charge in [-0.05, 0) is 67.9 Å². The van der Waals surface area contributed by atoms with Gasteiger partial charge < -0.3 is 10.2 Å². The Morgan fingerprint density at radius 2 is 1.59 bits per heavy atom. The van der Waals surface area contributed by atoms with Gasteiger partial charge in [0.15, 0.2) is 11.6 Å². The van der Waals surface area contributed by atoms with Crippen molar-refractivity contribution in [3.63, 3.8) is 0 Å². The second-order valence-electron chi connectivity index (χ2n) is 6.55. The molecule has 0 aliphatic rings. The van der Waals surface area contributed by atoms with Crippen molar-refractivity contribution in [2.45, 2.75) is 13.8 Å². The Balaban J connectivity index is 1.75. The predicted molar refractivity (Wildman–Crippen MR) is 109 cm³/mol. The molecule has 0 atom stereocenters. The van der Waals surface area contributed by atoms with Crippen LogP contribution in [0, 0.1) is 18.6 Å². The summed E-state index contributed by atoms with van der Waals surface area (Å²) in [7, 11) is 0. The summed E-state index contributed by atoms with van der Waals surface area (Å²) >= 11 is 0. The molecule has 0 fully saturated rings. The number of nitrogens with zero attached hydrogens (tertiary/aromatic N) is 1. The van der Waals surface area contributed by atoms with Crippen LogP contribution in [0.1, 0.15) is 33.2 Å². The molecule has 0 aliphatic carbocycles. The van der Waals surface area contributed by atoms with Crippen molar-refractivity contribution in [1.82, 2.24) is 0 Å². The summed E-state index contributed by atoms with van der Waals surface area (Å²) in [4.78, 5) is 26.9. The van der Waals surface area contributed by atoms with E-state index in [9.17, 15) is 18.4 Å². The average molecular weight is 394 g/mol. The number of carbonyl (C=O) groups excluding carboxylic acids is 2. The summed E-state index contributed by atoms with van der Waals surface area (Å²) < 4.78 is 26.3. The Morgan fingerprint density at radius 3 is 2.21 bits per heavy atom. The van der Waals surface area contributed by atoms with Gasteiger partial charge in [-0.15, -0.1) is 0 Å². The summed E-state index contributed by atoms with van der Waals surface area (Å²) in [5.41, 5.74) is 2.74. The van der Waals surface area contributed by atoms with E-state index >= 15 is 0 Å². The Labute approximate surface area is 167 Å². The molecule has 3 rings (SSSR count). The van der Waals surface area contributed by atoms with Gasteiger partial charge in [-0.3, -0.25) is 9.59 Å². The summed E-state index contributed by atoms with van der Waals surface area (Å²) in [6, 6.07) is 17.0. The molecule has 3 aromatic carbocycles. The number of nitrogens with one attached hydrogen (secondary N) is 1. The monoisotopic (exact) mass is 394 g/mol. The quantitative estimate of drug-likeness (QED) is 0.647. The lowest BCUT2D eigenvalue weighted by Crippen LogP contribution is -2.30. The van der Waals surface area contributed by atoms with Crippen LogP contribution in [-0.2, 0) is 0 Å². The molecule has 2 amide bonds. The summed E-state index contributed by atoms with van der Waals surface area (Å²) in [6.45, 7) is 4.35. The van der Waals surface area contributed by atoms with Crippen molar-refractivity contribution < 1.29 is 18.4 Å². The van der Waals surface area contributed by atoms with Crippen molar-refractivity contribution >= 4 is 23.2 Å². The number of hydrogen-bond donors (Lipinski definition) is 1. The topological polar surface area (TPSA) is 49.4 Å². The zero-order valence-corrected chi connectivity index (χ0v) is 16.1. The van der Waals surface area contributed by atoms with Crippen molar-refractivity contribution in [2.75, 3.05) is 16.8 Å². The van der Waals surface area contributed by atoms with Crippen molar-refractivity contribution in [3.8, 4) is 0 Å². The summed E-state index contributed by atoms with van der Waals surface area (Å²) in [5, 5.41) is 2.50. The molecule has 0 saturated carbocycles. The SMILES string of the molecule is CCN(C(=O)c1ccc(C(=O)Nc2ccc(F)c(F)c2)cc1)c1cccc(C)c1. The van der Waals surface area contributed by atoms with E-state index < -0.39 is 17.5 Å². The maximum absolute atomic E-state index is 13.3. The van der Waals surface area contributed by atoms with Gasteiger partial charge in [0.2, 0.25) is 0 Å². The molecule has 0 spiro atoms. The molecule has 29 heavy (non-hydrogen) atoms. The first-order chi connectivity index (χ1) is 13.9. The zero-order chi connectivity index (χ0) is 21.0. The molecule has 0 aromatic heterocycles. The molecule has 1 N–H and O–H groups in total. The minimum absolute atomic E-state index is 0.144. The van der Waals surface area contributed by atoms with Crippen molar-refractivity contribution in [1.29, 1.82) is 0 Å². The van der Waals surface area contributed by atoms with Crippen LogP contribution in [0.2, 0.25) is 0 Å². The van der Waals surface area contributed by atoms with E-state index in [1.54, 1.807) is 17.0 Å². The number of hydrogen-bond acceptors (Lipinski definition) is 2. The molecule has 0 unspecified atom stereocenters. The Kier molecular flexibility index (Phi) is 6.02. The van der Waals surface area contributed by atoms with Crippen molar-refractivity contribution in [3.05, 3.63) is 95.1 Å². The minimum atomic E-state index is -1.04. The van der Waals surface area contributed by atoms with Crippen molar-refractivity contribution in [2.24, 2.45) is 0 Å². The number of carbonyl (C=O) groups is 2. The highest BCUT2D eigenvalue weighted by Gasteiger charge is 2.17. The molecule has 148 valence electrons. The number of aryl methyl sites for hydroxylation is 1. The van der Waals surface area contributed by atoms with Gasteiger partial charge in [-0.25, -0.2) is 8.78 Å². The van der Waals surface area contributed by atoms with Crippen LogP contribution in [0.25, 0.3) is 0 Å². The second-order valence-corrected chi connectivity index (χ2v) is 6.55. The van der Waals surface area contributed by atoms with Gasteiger partial charge >= 0.3 is 0 Å². The van der Waals surface area contributed by atoms with Crippen LogP contribution >= 0.6 is 0 Å². The van der Waals surface area contributed by atoms with E-state index in [0.29, 0.717) is 17.7 Å². The maximum Gasteiger partial charge on any atom is 0.258 e. The number of halogens is 2. The third kappa shape index (κ3) is 4.66. The number of amides is 2. The standard InChI is InChI=1S/C23H20F2N2O2/c1-3-27(19-6-4-5-15(2)13-19)23(29)17-9-7-16(8-10-17)22(28)26-18-11-12-20(24)21(25)14-18/h4-14H,3H2,1-2H3,(H,26,28). The third-order valence-electron chi connectivity index (χ3n) is 4.45. The zero-order valence-electron chi connectivity index (χ0n) is 16.1. The second kappa shape index (κ2) is 8.65. The largest absolute Gasteiger partial charge is 0.322 e. The molecule has 6 heteroatoms. The normalized spacial score (nSPS) is 10.5. The van der Waals surface area contributed by atoms with E-state index in [0.717, 1.165) is 23.4 Å². The third-order valence-corrected chi connectivity index (χ3v) is 4.45. The first-order valence-electron chi connectivity index (χ1n) is 9.14. The summed E-state index contributed by atoms with van der Waals surface area (Å²) in [5.74, 6) is -2.69. The Bertz CT molecular complexity index is 1050. The summed E-state index contributed by atoms with van der Waals surface area (Å²) in [6.07, 6.45) is 0. The van der Waals surface area contributed by atoms with E-state index in [4.69, 9.17) is 0 Å². The molecule has 0 bridgehead atoms. The van der Waals surface area contributed by atoms with E-state index in [1.807, 2.05) is 38.1 Å². The lowest BCUT2D eigenvalue weighted by atomic mass is 10.1. The number of anilines is 2. The maximum atomic E-state index is 13.3. The Hall–Kier alpha value is -3.54. The fourth-order valence-corrected chi connectivity index (χ4v) is 2.94. The number of benzene rings is 3. The van der Waals surface area contributed by atoms with Crippen LogP contribution < -0.4 is 10.2 Å². The molecule has 4 nitrogen and oxygen atoms in total. The predicted octanol–water partition coefficient (Wildman–Crippen LogP) is 5.19. The van der Waals surface area contributed by atoms with Crippen LogP contribution in [0.3, 0.4) is 0 Å². The van der Waals surface area contributed by atoms with Gasteiger partial charge in [0.05, 0.1) is 0 Å². The molecule has 0 radical (unpaired) electrons.